The lowest BCUT2D eigenvalue weighted by Gasteiger charge is -2.04. The molecule has 1 aromatic rings. The van der Waals surface area contributed by atoms with Crippen LogP contribution < -0.4 is 5.32 Å². The highest BCUT2D eigenvalue weighted by Gasteiger charge is 2.17. The Morgan fingerprint density at radius 2 is 2.53 bits per heavy atom. The van der Waals surface area contributed by atoms with Gasteiger partial charge in [0.2, 0.25) is 5.89 Å². The summed E-state index contributed by atoms with van der Waals surface area (Å²) in [5, 5.41) is 7.39. The van der Waals surface area contributed by atoms with Crippen molar-refractivity contribution >= 4 is 11.8 Å². The maximum atomic E-state index is 5.21. The fourth-order valence-electron chi connectivity index (χ4n) is 1.77. The molecule has 0 aromatic carbocycles. The summed E-state index contributed by atoms with van der Waals surface area (Å²) in [7, 11) is 0. The summed E-state index contributed by atoms with van der Waals surface area (Å²) >= 11 is 1.82. The summed E-state index contributed by atoms with van der Waals surface area (Å²) in [5.74, 6) is 3.56. The first-order valence-electron chi connectivity index (χ1n) is 5.51. The number of hydrogen-bond donors (Lipinski definition) is 1. The molecule has 0 amide bonds. The Kier molecular flexibility index (Phi) is 4.02. The van der Waals surface area contributed by atoms with Gasteiger partial charge in [0.15, 0.2) is 5.82 Å². The highest BCUT2D eigenvalue weighted by molar-refractivity contribution is 7.98. The lowest BCUT2D eigenvalue weighted by atomic mass is 10.2. The van der Waals surface area contributed by atoms with Crippen molar-refractivity contribution in [2.75, 3.05) is 12.3 Å². The van der Waals surface area contributed by atoms with E-state index in [9.17, 15) is 0 Å². The van der Waals surface area contributed by atoms with Crippen molar-refractivity contribution in [3.05, 3.63) is 11.7 Å². The summed E-state index contributed by atoms with van der Waals surface area (Å²) in [5.41, 5.74) is 0. The van der Waals surface area contributed by atoms with Crippen LogP contribution in [0, 0.1) is 0 Å². The van der Waals surface area contributed by atoms with E-state index in [1.807, 2.05) is 11.8 Å². The normalized spacial score (nSPS) is 21.0. The molecule has 1 aromatic heterocycles. The first-order valence-corrected chi connectivity index (χ1v) is 6.66. The van der Waals surface area contributed by atoms with Gasteiger partial charge in [-0.15, -0.1) is 0 Å². The minimum Gasteiger partial charge on any atom is -0.339 e. The Bertz CT molecular complexity index is 297. The Morgan fingerprint density at radius 3 is 3.27 bits per heavy atom. The fraction of sp³-hybridized carbons (Fsp3) is 0.800. The van der Waals surface area contributed by atoms with E-state index in [1.165, 1.54) is 12.8 Å². The minimum atomic E-state index is 0.539. The molecular formula is C10H17N3OS. The van der Waals surface area contributed by atoms with E-state index in [0.717, 1.165) is 36.2 Å². The van der Waals surface area contributed by atoms with Gasteiger partial charge in [-0.3, -0.25) is 0 Å². The molecule has 1 atom stereocenters. The van der Waals surface area contributed by atoms with E-state index in [-0.39, 0.29) is 0 Å². The van der Waals surface area contributed by atoms with Gasteiger partial charge in [0.1, 0.15) is 0 Å². The summed E-state index contributed by atoms with van der Waals surface area (Å²) < 4.78 is 5.21. The van der Waals surface area contributed by atoms with E-state index >= 15 is 0 Å². The second-order valence-corrected chi connectivity index (χ2v) is 5.01. The maximum Gasteiger partial charge on any atom is 0.228 e. The highest BCUT2D eigenvalue weighted by Crippen LogP contribution is 2.13. The molecule has 1 aliphatic heterocycles. The van der Waals surface area contributed by atoms with Crippen molar-refractivity contribution < 1.29 is 4.52 Å². The molecule has 0 aliphatic carbocycles. The van der Waals surface area contributed by atoms with Crippen LogP contribution in [0.25, 0.3) is 0 Å². The van der Waals surface area contributed by atoms with E-state index in [4.69, 9.17) is 4.52 Å². The van der Waals surface area contributed by atoms with Gasteiger partial charge in [0, 0.05) is 12.5 Å². The van der Waals surface area contributed by atoms with Crippen LogP contribution in [0.3, 0.4) is 0 Å². The molecular weight excluding hydrogens is 210 g/mol. The van der Waals surface area contributed by atoms with Gasteiger partial charge >= 0.3 is 0 Å². The standard InChI is InChI=1S/C10H17N3OS/c1-2-15-7-9-12-10(14-13-9)6-8-4-3-5-11-8/h8,11H,2-7H2,1H3. The van der Waals surface area contributed by atoms with Gasteiger partial charge in [0.25, 0.3) is 0 Å². The Morgan fingerprint density at radius 1 is 1.60 bits per heavy atom. The average molecular weight is 227 g/mol. The van der Waals surface area contributed by atoms with Crippen molar-refractivity contribution in [3.63, 3.8) is 0 Å². The molecule has 5 heteroatoms. The number of nitrogens with one attached hydrogen (secondary N) is 1. The monoisotopic (exact) mass is 227 g/mol. The lowest BCUT2D eigenvalue weighted by Crippen LogP contribution is -2.23. The second-order valence-electron chi connectivity index (χ2n) is 3.74. The van der Waals surface area contributed by atoms with Crippen LogP contribution in [0.15, 0.2) is 4.52 Å². The van der Waals surface area contributed by atoms with Gasteiger partial charge in [-0.1, -0.05) is 12.1 Å². The summed E-state index contributed by atoms with van der Waals surface area (Å²) in [6.45, 7) is 3.26. The molecule has 1 fully saturated rings. The van der Waals surface area contributed by atoms with Gasteiger partial charge in [-0.05, 0) is 25.1 Å². The maximum absolute atomic E-state index is 5.21. The molecule has 2 rings (SSSR count). The van der Waals surface area contributed by atoms with Crippen LogP contribution >= 0.6 is 11.8 Å². The van der Waals surface area contributed by atoms with Crippen molar-refractivity contribution in [2.24, 2.45) is 0 Å². The Hall–Kier alpha value is -0.550. The third-order valence-corrected chi connectivity index (χ3v) is 3.40. The summed E-state index contributed by atoms with van der Waals surface area (Å²) in [6.07, 6.45) is 3.36. The first-order chi connectivity index (χ1) is 7.38. The number of hydrogen-bond acceptors (Lipinski definition) is 5. The van der Waals surface area contributed by atoms with Gasteiger partial charge in [-0.25, -0.2) is 0 Å². The van der Waals surface area contributed by atoms with Crippen molar-refractivity contribution in [2.45, 2.75) is 38.0 Å². The van der Waals surface area contributed by atoms with Gasteiger partial charge < -0.3 is 9.84 Å². The van der Waals surface area contributed by atoms with E-state index in [0.29, 0.717) is 6.04 Å². The number of thioether (sulfide) groups is 1. The highest BCUT2D eigenvalue weighted by atomic mass is 32.2. The molecule has 0 spiro atoms. The smallest absolute Gasteiger partial charge is 0.228 e. The number of nitrogens with zero attached hydrogens (tertiary/aromatic N) is 2. The van der Waals surface area contributed by atoms with E-state index < -0.39 is 0 Å². The quantitative estimate of drug-likeness (QED) is 0.828. The van der Waals surface area contributed by atoms with Crippen molar-refractivity contribution in [1.29, 1.82) is 0 Å². The predicted molar refractivity (Wildman–Crippen MR) is 60.9 cm³/mol. The predicted octanol–water partition coefficient (Wildman–Crippen LogP) is 1.62. The third-order valence-electron chi connectivity index (χ3n) is 2.53. The molecule has 1 unspecified atom stereocenters. The largest absolute Gasteiger partial charge is 0.339 e. The molecule has 2 heterocycles. The second kappa shape index (κ2) is 5.51. The molecule has 1 aliphatic rings. The van der Waals surface area contributed by atoms with Crippen LogP contribution in [0.2, 0.25) is 0 Å². The number of rotatable bonds is 5. The lowest BCUT2D eigenvalue weighted by molar-refractivity contribution is 0.361. The summed E-state index contributed by atoms with van der Waals surface area (Å²) in [4.78, 5) is 4.37. The van der Waals surface area contributed by atoms with Crippen LogP contribution in [-0.4, -0.2) is 28.5 Å². The molecule has 1 N–H and O–H groups in total. The van der Waals surface area contributed by atoms with E-state index in [2.05, 4.69) is 22.4 Å². The average Bonchev–Trinajstić information content (AvgIpc) is 2.87. The van der Waals surface area contributed by atoms with Crippen molar-refractivity contribution in [3.8, 4) is 0 Å². The van der Waals surface area contributed by atoms with Gasteiger partial charge in [0.05, 0.1) is 5.75 Å². The van der Waals surface area contributed by atoms with Crippen molar-refractivity contribution in [1.82, 2.24) is 15.5 Å². The number of aromatic nitrogens is 2. The molecule has 84 valence electrons. The molecule has 0 saturated carbocycles. The minimum absolute atomic E-state index is 0.539. The van der Waals surface area contributed by atoms with Crippen LogP contribution in [0.5, 0.6) is 0 Å². The fourth-order valence-corrected chi connectivity index (χ4v) is 2.27. The van der Waals surface area contributed by atoms with Crippen LogP contribution in [-0.2, 0) is 12.2 Å². The topological polar surface area (TPSA) is 51.0 Å². The zero-order valence-electron chi connectivity index (χ0n) is 9.03. The molecule has 15 heavy (non-hydrogen) atoms. The molecule has 0 bridgehead atoms. The van der Waals surface area contributed by atoms with Crippen LogP contribution in [0.1, 0.15) is 31.5 Å². The Labute approximate surface area is 94.2 Å². The summed E-state index contributed by atoms with van der Waals surface area (Å²) in [6, 6.07) is 0.539. The zero-order chi connectivity index (χ0) is 10.5. The molecule has 0 radical (unpaired) electrons. The third kappa shape index (κ3) is 3.21. The Balaban J connectivity index is 1.83. The molecule has 1 saturated heterocycles. The van der Waals surface area contributed by atoms with E-state index in [1.54, 1.807) is 0 Å². The first kappa shape index (κ1) is 11.0. The van der Waals surface area contributed by atoms with Crippen LogP contribution in [0.4, 0.5) is 0 Å². The zero-order valence-corrected chi connectivity index (χ0v) is 9.85. The van der Waals surface area contributed by atoms with Gasteiger partial charge in [-0.2, -0.15) is 16.7 Å². The SMILES string of the molecule is CCSCc1noc(CC2CCCN2)n1. The molecule has 4 nitrogen and oxygen atoms in total.